The molecule has 1 N–H and O–H groups in total. The van der Waals surface area contributed by atoms with Crippen molar-refractivity contribution in [1.29, 1.82) is 0 Å². The lowest BCUT2D eigenvalue weighted by Gasteiger charge is -2.14. The van der Waals surface area contributed by atoms with Crippen LogP contribution in [0.15, 0.2) is 59.8 Å². The van der Waals surface area contributed by atoms with Crippen molar-refractivity contribution in [2.45, 2.75) is 30.6 Å². The van der Waals surface area contributed by atoms with Crippen LogP contribution < -0.4 is 5.32 Å². The molecule has 0 saturated carbocycles. The number of halogens is 1. The van der Waals surface area contributed by atoms with Gasteiger partial charge in [-0.05, 0) is 49.2 Å². The molecule has 0 spiro atoms. The van der Waals surface area contributed by atoms with Crippen LogP contribution in [0.1, 0.15) is 12.8 Å². The number of carbonyl (C=O) groups is 1. The van der Waals surface area contributed by atoms with E-state index >= 15 is 0 Å². The number of carbonyl (C=O) groups excluding carboxylic acids is 1. The smallest absolute Gasteiger partial charge is 0.234 e. The number of rotatable bonds is 7. The van der Waals surface area contributed by atoms with Gasteiger partial charge in [0.05, 0.1) is 18.4 Å². The van der Waals surface area contributed by atoms with Gasteiger partial charge < -0.3 is 10.1 Å². The molecule has 1 saturated heterocycles. The molecule has 1 aromatic heterocycles. The number of nitrogens with zero attached hydrogens (tertiary/aromatic N) is 3. The number of hydrogen-bond acceptors (Lipinski definition) is 5. The van der Waals surface area contributed by atoms with Crippen molar-refractivity contribution in [3.05, 3.63) is 59.6 Å². The molecule has 6 nitrogen and oxygen atoms in total. The molecule has 1 aliphatic heterocycles. The van der Waals surface area contributed by atoms with Crippen LogP contribution in [0.25, 0.3) is 11.4 Å². The maximum atomic E-state index is 12.3. The quantitative estimate of drug-likeness (QED) is 0.561. The first kappa shape index (κ1) is 19.9. The summed E-state index contributed by atoms with van der Waals surface area (Å²) < 4.78 is 7.85. The summed E-state index contributed by atoms with van der Waals surface area (Å²) >= 11 is 7.39. The van der Waals surface area contributed by atoms with Crippen LogP contribution in [0.3, 0.4) is 0 Å². The first-order valence-corrected chi connectivity index (χ1v) is 10.8. The molecule has 1 atom stereocenters. The normalized spacial score (nSPS) is 16.1. The predicted molar refractivity (Wildman–Crippen MR) is 115 cm³/mol. The van der Waals surface area contributed by atoms with Crippen LogP contribution in [-0.2, 0) is 16.1 Å². The lowest BCUT2D eigenvalue weighted by molar-refractivity contribution is -0.113. The summed E-state index contributed by atoms with van der Waals surface area (Å²) in [6, 6.07) is 16.9. The van der Waals surface area contributed by atoms with Crippen LogP contribution >= 0.6 is 23.4 Å². The van der Waals surface area contributed by atoms with Gasteiger partial charge in [-0.2, -0.15) is 0 Å². The Morgan fingerprint density at radius 2 is 1.97 bits per heavy atom. The summed E-state index contributed by atoms with van der Waals surface area (Å²) in [6.45, 7) is 1.44. The minimum Gasteiger partial charge on any atom is -0.376 e. The number of ether oxygens (including phenoxy) is 1. The molecule has 3 aromatic rings. The van der Waals surface area contributed by atoms with Gasteiger partial charge >= 0.3 is 0 Å². The third kappa shape index (κ3) is 5.18. The molecule has 4 rings (SSSR count). The van der Waals surface area contributed by atoms with Crippen molar-refractivity contribution >= 4 is 35.0 Å². The molecule has 2 aromatic carbocycles. The third-order valence-corrected chi connectivity index (χ3v) is 5.84. The molecule has 0 unspecified atom stereocenters. The van der Waals surface area contributed by atoms with E-state index in [0.717, 1.165) is 36.5 Å². The fourth-order valence-electron chi connectivity index (χ4n) is 3.21. The van der Waals surface area contributed by atoms with Gasteiger partial charge in [-0.15, -0.1) is 10.2 Å². The average molecular weight is 429 g/mol. The van der Waals surface area contributed by atoms with Crippen molar-refractivity contribution in [2.75, 3.05) is 17.7 Å². The van der Waals surface area contributed by atoms with Crippen molar-refractivity contribution in [3.63, 3.8) is 0 Å². The first-order valence-electron chi connectivity index (χ1n) is 9.47. The molecular weight excluding hydrogens is 408 g/mol. The SMILES string of the molecule is O=C(CSc1nnc(-c2ccc(Cl)cc2)n1C[C@H]1CCCO1)Nc1ccccc1. The lowest BCUT2D eigenvalue weighted by atomic mass is 10.2. The van der Waals surface area contributed by atoms with E-state index in [1.807, 2.05) is 59.2 Å². The summed E-state index contributed by atoms with van der Waals surface area (Å²) in [7, 11) is 0. The van der Waals surface area contributed by atoms with Gasteiger partial charge in [0, 0.05) is 22.9 Å². The van der Waals surface area contributed by atoms with Crippen LogP contribution in [0.4, 0.5) is 5.69 Å². The molecule has 0 aliphatic carbocycles. The molecule has 1 aliphatic rings. The van der Waals surface area contributed by atoms with Gasteiger partial charge in [-0.25, -0.2) is 0 Å². The fraction of sp³-hybridized carbons (Fsp3) is 0.286. The van der Waals surface area contributed by atoms with Crippen molar-refractivity contribution in [2.24, 2.45) is 0 Å². The molecule has 8 heteroatoms. The number of anilines is 1. The first-order chi connectivity index (χ1) is 14.2. The molecule has 0 radical (unpaired) electrons. The van der Waals surface area contributed by atoms with Gasteiger partial charge in [0.15, 0.2) is 11.0 Å². The van der Waals surface area contributed by atoms with Crippen molar-refractivity contribution < 1.29 is 9.53 Å². The van der Waals surface area contributed by atoms with E-state index in [2.05, 4.69) is 15.5 Å². The number of hydrogen-bond donors (Lipinski definition) is 1. The summed E-state index contributed by atoms with van der Waals surface area (Å²) in [5, 5.41) is 13.0. The Bertz CT molecular complexity index is 957. The lowest BCUT2D eigenvalue weighted by Crippen LogP contribution is -2.18. The van der Waals surface area contributed by atoms with E-state index < -0.39 is 0 Å². The highest BCUT2D eigenvalue weighted by Crippen LogP contribution is 2.27. The third-order valence-electron chi connectivity index (χ3n) is 4.62. The molecule has 1 fully saturated rings. The summed E-state index contributed by atoms with van der Waals surface area (Å²) in [6.07, 6.45) is 2.21. The number of aromatic nitrogens is 3. The zero-order valence-corrected chi connectivity index (χ0v) is 17.3. The number of thioether (sulfide) groups is 1. The number of nitrogens with one attached hydrogen (secondary N) is 1. The van der Waals surface area contributed by atoms with Gasteiger partial charge in [0.2, 0.25) is 5.91 Å². The van der Waals surface area contributed by atoms with E-state index in [1.54, 1.807) is 0 Å². The predicted octanol–water partition coefficient (Wildman–Crippen LogP) is 4.51. The van der Waals surface area contributed by atoms with Gasteiger partial charge in [-0.1, -0.05) is 41.6 Å². The fourth-order valence-corrected chi connectivity index (χ4v) is 4.09. The second-order valence-electron chi connectivity index (χ2n) is 6.76. The summed E-state index contributed by atoms with van der Waals surface area (Å²) in [5.41, 5.74) is 1.71. The second kappa shape index (κ2) is 9.43. The average Bonchev–Trinajstić information content (AvgIpc) is 3.38. The Morgan fingerprint density at radius 1 is 1.17 bits per heavy atom. The second-order valence-corrected chi connectivity index (χ2v) is 8.14. The van der Waals surface area contributed by atoms with E-state index in [1.165, 1.54) is 11.8 Å². The van der Waals surface area contributed by atoms with E-state index in [0.29, 0.717) is 16.7 Å². The molecule has 2 heterocycles. The highest BCUT2D eigenvalue weighted by molar-refractivity contribution is 7.99. The number of amides is 1. The maximum absolute atomic E-state index is 12.3. The topological polar surface area (TPSA) is 69.0 Å². The van der Waals surface area contributed by atoms with Crippen LogP contribution in [0.2, 0.25) is 5.02 Å². The molecule has 1 amide bonds. The Labute approximate surface area is 178 Å². The Kier molecular flexibility index (Phi) is 6.49. The van der Waals surface area contributed by atoms with Gasteiger partial charge in [-0.3, -0.25) is 9.36 Å². The molecule has 150 valence electrons. The molecule has 29 heavy (non-hydrogen) atoms. The summed E-state index contributed by atoms with van der Waals surface area (Å²) in [4.78, 5) is 12.3. The monoisotopic (exact) mass is 428 g/mol. The standard InChI is InChI=1S/C21H21ClN4O2S/c22-16-10-8-15(9-11-16)20-24-25-21(26(20)13-18-7-4-12-28-18)29-14-19(27)23-17-5-2-1-3-6-17/h1-3,5-6,8-11,18H,4,7,12-14H2,(H,23,27)/t18-/m1/s1. The van der Waals surface area contributed by atoms with Crippen LogP contribution in [0, 0.1) is 0 Å². The van der Waals surface area contributed by atoms with Crippen LogP contribution in [-0.4, -0.2) is 39.1 Å². The van der Waals surface area contributed by atoms with Crippen molar-refractivity contribution in [1.82, 2.24) is 14.8 Å². The zero-order valence-electron chi connectivity index (χ0n) is 15.8. The van der Waals surface area contributed by atoms with Gasteiger partial charge in [0.25, 0.3) is 0 Å². The Hall–Kier alpha value is -2.35. The molecular formula is C21H21ClN4O2S. The Balaban J connectivity index is 1.50. The van der Waals surface area contributed by atoms with E-state index in [9.17, 15) is 4.79 Å². The van der Waals surface area contributed by atoms with Crippen molar-refractivity contribution in [3.8, 4) is 11.4 Å². The van der Waals surface area contributed by atoms with E-state index in [4.69, 9.17) is 16.3 Å². The van der Waals surface area contributed by atoms with Gasteiger partial charge in [0.1, 0.15) is 0 Å². The molecule has 0 bridgehead atoms. The highest BCUT2D eigenvalue weighted by Gasteiger charge is 2.22. The minimum atomic E-state index is -0.0825. The number of para-hydroxylation sites is 1. The maximum Gasteiger partial charge on any atom is 0.234 e. The van der Waals surface area contributed by atoms with E-state index in [-0.39, 0.29) is 17.8 Å². The zero-order chi connectivity index (χ0) is 20.1. The highest BCUT2D eigenvalue weighted by atomic mass is 35.5. The minimum absolute atomic E-state index is 0.0825. The van der Waals surface area contributed by atoms with Crippen LogP contribution in [0.5, 0.6) is 0 Å². The summed E-state index contributed by atoms with van der Waals surface area (Å²) in [5.74, 6) is 0.920. The largest absolute Gasteiger partial charge is 0.376 e. The number of benzene rings is 2. The Morgan fingerprint density at radius 3 is 2.69 bits per heavy atom.